The van der Waals surface area contributed by atoms with E-state index in [0.29, 0.717) is 6.42 Å². The molecule has 1 aromatic carbocycles. The Bertz CT molecular complexity index is 335. The number of hydrogen-bond donors (Lipinski definition) is 0. The average Bonchev–Trinajstić information content (AvgIpc) is 2.10. The van der Waals surface area contributed by atoms with Gasteiger partial charge in [0.25, 0.3) is 0 Å². The van der Waals surface area contributed by atoms with Gasteiger partial charge in [-0.2, -0.15) is 0 Å². The van der Waals surface area contributed by atoms with Crippen molar-refractivity contribution in [1.29, 1.82) is 0 Å². The third-order valence-electron chi connectivity index (χ3n) is 2.11. The maximum Gasteiger partial charge on any atom is 0.310 e. The van der Waals surface area contributed by atoms with Crippen LogP contribution in [0.2, 0.25) is 0 Å². The molecule has 14 heavy (non-hydrogen) atoms. The minimum Gasteiger partial charge on any atom is -0.469 e. The Morgan fingerprint density at radius 2 is 2.07 bits per heavy atom. The summed E-state index contributed by atoms with van der Waals surface area (Å²) < 4.78 is 5.61. The largest absolute Gasteiger partial charge is 0.469 e. The van der Waals surface area contributed by atoms with Crippen molar-refractivity contribution in [2.75, 3.05) is 7.11 Å². The molecule has 0 fully saturated rings. The first kappa shape index (κ1) is 11.2. The van der Waals surface area contributed by atoms with Gasteiger partial charge in [0.1, 0.15) is 0 Å². The van der Waals surface area contributed by atoms with Gasteiger partial charge in [0.15, 0.2) is 0 Å². The Hall–Kier alpha value is -0.830. The van der Waals surface area contributed by atoms with E-state index in [1.165, 1.54) is 12.7 Å². The van der Waals surface area contributed by atoms with Crippen LogP contribution in [0.3, 0.4) is 0 Å². The number of halogens is 1. The first-order valence-electron chi connectivity index (χ1n) is 4.37. The van der Waals surface area contributed by atoms with E-state index in [9.17, 15) is 4.79 Å². The molecule has 0 radical (unpaired) electrons. The normalized spacial score (nSPS) is 10.0. The van der Waals surface area contributed by atoms with Crippen molar-refractivity contribution in [2.45, 2.75) is 20.3 Å². The molecule has 1 rings (SSSR count). The van der Waals surface area contributed by atoms with E-state index in [0.717, 1.165) is 15.6 Å². The van der Waals surface area contributed by atoms with Crippen LogP contribution in [0.4, 0.5) is 0 Å². The van der Waals surface area contributed by atoms with E-state index in [-0.39, 0.29) is 5.97 Å². The topological polar surface area (TPSA) is 26.3 Å². The van der Waals surface area contributed by atoms with Crippen LogP contribution in [0.25, 0.3) is 0 Å². The van der Waals surface area contributed by atoms with Gasteiger partial charge in [-0.25, -0.2) is 0 Å². The molecule has 0 saturated heterocycles. The van der Waals surface area contributed by atoms with Gasteiger partial charge < -0.3 is 4.74 Å². The predicted molar refractivity (Wildman–Crippen MR) is 59.3 cm³/mol. The third kappa shape index (κ3) is 2.58. The Kier molecular flexibility index (Phi) is 3.69. The number of ether oxygens (including phenoxy) is 1. The second kappa shape index (κ2) is 4.60. The summed E-state index contributed by atoms with van der Waals surface area (Å²) in [7, 11) is 1.40. The van der Waals surface area contributed by atoms with Crippen LogP contribution in [-0.4, -0.2) is 13.1 Å². The molecule has 3 heteroatoms. The molecule has 1 aromatic rings. The highest BCUT2D eigenvalue weighted by atomic mass is 79.9. The van der Waals surface area contributed by atoms with Gasteiger partial charge in [-0.05, 0) is 36.6 Å². The van der Waals surface area contributed by atoms with Gasteiger partial charge in [0, 0.05) is 4.47 Å². The van der Waals surface area contributed by atoms with E-state index in [1.54, 1.807) is 0 Å². The fraction of sp³-hybridized carbons (Fsp3) is 0.364. The minimum absolute atomic E-state index is 0.211. The summed E-state index contributed by atoms with van der Waals surface area (Å²) >= 11 is 3.45. The summed E-state index contributed by atoms with van der Waals surface area (Å²) in [5.74, 6) is -0.211. The molecule has 0 aliphatic heterocycles. The summed E-state index contributed by atoms with van der Waals surface area (Å²) in [6, 6.07) is 4.06. The lowest BCUT2D eigenvalue weighted by Crippen LogP contribution is -2.06. The number of hydrogen-bond acceptors (Lipinski definition) is 2. The molecule has 0 N–H and O–H groups in total. The molecule has 0 atom stereocenters. The fourth-order valence-corrected chi connectivity index (χ4v) is 2.20. The van der Waals surface area contributed by atoms with Crippen molar-refractivity contribution >= 4 is 21.9 Å². The smallest absolute Gasteiger partial charge is 0.310 e. The molecule has 0 heterocycles. The van der Waals surface area contributed by atoms with Crippen molar-refractivity contribution in [3.63, 3.8) is 0 Å². The Labute approximate surface area is 92.4 Å². The molecule has 0 aliphatic rings. The lowest BCUT2D eigenvalue weighted by molar-refractivity contribution is -0.139. The average molecular weight is 257 g/mol. The van der Waals surface area contributed by atoms with Gasteiger partial charge in [-0.15, -0.1) is 0 Å². The van der Waals surface area contributed by atoms with E-state index >= 15 is 0 Å². The molecule has 0 amide bonds. The standard InChI is InChI=1S/C11H13BrO2/c1-7-4-8(2)9(10(12)5-7)6-11(13)14-3/h4-5H,6H2,1-3H3. The van der Waals surface area contributed by atoms with Crippen LogP contribution < -0.4 is 0 Å². The van der Waals surface area contributed by atoms with Gasteiger partial charge in [-0.3, -0.25) is 4.79 Å². The molecule has 2 nitrogen and oxygen atoms in total. The van der Waals surface area contributed by atoms with Crippen LogP contribution in [0.15, 0.2) is 16.6 Å². The minimum atomic E-state index is -0.211. The molecule has 76 valence electrons. The Morgan fingerprint density at radius 3 is 2.57 bits per heavy atom. The highest BCUT2D eigenvalue weighted by Gasteiger charge is 2.09. The number of methoxy groups -OCH3 is 1. The number of esters is 1. The van der Waals surface area contributed by atoms with Gasteiger partial charge >= 0.3 is 5.97 Å². The van der Waals surface area contributed by atoms with Crippen molar-refractivity contribution in [3.05, 3.63) is 33.3 Å². The first-order valence-corrected chi connectivity index (χ1v) is 5.16. The van der Waals surface area contributed by atoms with E-state index in [4.69, 9.17) is 0 Å². The van der Waals surface area contributed by atoms with Crippen molar-refractivity contribution in [2.24, 2.45) is 0 Å². The monoisotopic (exact) mass is 256 g/mol. The zero-order valence-electron chi connectivity index (χ0n) is 8.56. The molecule has 0 saturated carbocycles. The molecular formula is C11H13BrO2. The van der Waals surface area contributed by atoms with Crippen molar-refractivity contribution < 1.29 is 9.53 Å². The second-order valence-corrected chi connectivity index (χ2v) is 4.15. The maximum atomic E-state index is 11.1. The SMILES string of the molecule is COC(=O)Cc1c(C)cc(C)cc1Br. The Morgan fingerprint density at radius 1 is 1.43 bits per heavy atom. The molecule has 0 spiro atoms. The van der Waals surface area contributed by atoms with E-state index in [2.05, 4.69) is 26.7 Å². The summed E-state index contributed by atoms with van der Waals surface area (Å²) in [6.45, 7) is 4.02. The zero-order valence-corrected chi connectivity index (χ0v) is 10.1. The fourth-order valence-electron chi connectivity index (χ4n) is 1.39. The first-order chi connectivity index (χ1) is 6.54. The summed E-state index contributed by atoms with van der Waals surface area (Å²) in [4.78, 5) is 11.1. The number of carbonyl (C=O) groups is 1. The Balaban J connectivity index is 3.02. The van der Waals surface area contributed by atoms with Crippen molar-refractivity contribution in [3.8, 4) is 0 Å². The molecular weight excluding hydrogens is 244 g/mol. The summed E-state index contributed by atoms with van der Waals surface area (Å²) in [6.07, 6.45) is 0.323. The molecule has 0 bridgehead atoms. The van der Waals surface area contributed by atoms with Crippen LogP contribution in [0, 0.1) is 13.8 Å². The maximum absolute atomic E-state index is 11.1. The quantitative estimate of drug-likeness (QED) is 0.761. The van der Waals surface area contributed by atoms with Gasteiger partial charge in [-0.1, -0.05) is 22.0 Å². The second-order valence-electron chi connectivity index (χ2n) is 3.30. The zero-order chi connectivity index (χ0) is 10.7. The predicted octanol–water partition coefficient (Wildman–Crippen LogP) is 2.78. The summed E-state index contributed by atoms with van der Waals surface area (Å²) in [5.41, 5.74) is 3.30. The molecule has 0 unspecified atom stereocenters. The third-order valence-corrected chi connectivity index (χ3v) is 2.82. The number of carbonyl (C=O) groups excluding carboxylic acids is 1. The highest BCUT2D eigenvalue weighted by molar-refractivity contribution is 9.10. The summed E-state index contributed by atoms with van der Waals surface area (Å²) in [5, 5.41) is 0. The van der Waals surface area contributed by atoms with Crippen LogP contribution in [0.1, 0.15) is 16.7 Å². The van der Waals surface area contributed by atoms with Crippen LogP contribution in [0.5, 0.6) is 0 Å². The van der Waals surface area contributed by atoms with Gasteiger partial charge in [0.2, 0.25) is 0 Å². The lowest BCUT2D eigenvalue weighted by Gasteiger charge is -2.08. The molecule has 0 aliphatic carbocycles. The van der Waals surface area contributed by atoms with E-state index in [1.807, 2.05) is 19.9 Å². The number of aryl methyl sites for hydroxylation is 2. The van der Waals surface area contributed by atoms with Crippen LogP contribution in [-0.2, 0) is 16.0 Å². The lowest BCUT2D eigenvalue weighted by atomic mass is 10.0. The van der Waals surface area contributed by atoms with E-state index < -0.39 is 0 Å². The van der Waals surface area contributed by atoms with Crippen LogP contribution >= 0.6 is 15.9 Å². The number of benzene rings is 1. The number of rotatable bonds is 2. The molecule has 0 aromatic heterocycles. The van der Waals surface area contributed by atoms with Crippen molar-refractivity contribution in [1.82, 2.24) is 0 Å². The van der Waals surface area contributed by atoms with Gasteiger partial charge in [0.05, 0.1) is 13.5 Å². The highest BCUT2D eigenvalue weighted by Crippen LogP contribution is 2.23.